The van der Waals surface area contributed by atoms with E-state index in [2.05, 4.69) is 25.9 Å². The summed E-state index contributed by atoms with van der Waals surface area (Å²) < 4.78 is 0. The van der Waals surface area contributed by atoms with Crippen molar-refractivity contribution in [3.05, 3.63) is 67.9 Å². The molecule has 0 radical (unpaired) electrons. The normalized spacial score (nSPS) is 12.4. The van der Waals surface area contributed by atoms with Gasteiger partial charge < -0.3 is 16.0 Å². The molecule has 0 saturated heterocycles. The van der Waals surface area contributed by atoms with E-state index in [1.54, 1.807) is 18.2 Å². The standard InChI is InChI=1S/C20H19Cl2N7O2.ClH/c21-12-1-3-14(16(22)9-12)19-15-11-23-6-5-17(15)27-20(28-19)25-8-7-24-18-4-2-13(10-26-18)29(30)31;/h1-4,9-10,23H,5-8,11H2,(H,24,26)(H,25,27,28);1H. The lowest BCUT2D eigenvalue weighted by Crippen LogP contribution is -2.26. The number of pyridine rings is 1. The van der Waals surface area contributed by atoms with E-state index in [9.17, 15) is 10.1 Å². The van der Waals surface area contributed by atoms with Gasteiger partial charge >= 0.3 is 0 Å². The molecule has 0 saturated carbocycles. The monoisotopic (exact) mass is 495 g/mol. The number of aromatic nitrogens is 3. The van der Waals surface area contributed by atoms with Crippen LogP contribution in [0.5, 0.6) is 0 Å². The number of rotatable bonds is 7. The Hall–Kier alpha value is -2.72. The highest BCUT2D eigenvalue weighted by molar-refractivity contribution is 6.36. The average Bonchev–Trinajstić information content (AvgIpc) is 2.76. The van der Waals surface area contributed by atoms with Crippen molar-refractivity contribution in [2.45, 2.75) is 13.0 Å². The largest absolute Gasteiger partial charge is 0.368 e. The third-order valence-corrected chi connectivity index (χ3v) is 5.34. The Labute approximate surface area is 200 Å². The van der Waals surface area contributed by atoms with E-state index < -0.39 is 4.92 Å². The van der Waals surface area contributed by atoms with Crippen LogP contribution in [-0.2, 0) is 13.0 Å². The molecule has 4 rings (SSSR count). The molecule has 0 bridgehead atoms. The number of hydrogen-bond acceptors (Lipinski definition) is 8. The molecule has 0 amide bonds. The molecule has 1 aliphatic rings. The molecule has 0 atom stereocenters. The van der Waals surface area contributed by atoms with Gasteiger partial charge in [-0.05, 0) is 24.3 Å². The second kappa shape index (κ2) is 10.7. The number of fused-ring (bicyclic) bond motifs is 1. The zero-order chi connectivity index (χ0) is 21.8. The summed E-state index contributed by atoms with van der Waals surface area (Å²) in [7, 11) is 0. The van der Waals surface area contributed by atoms with Crippen molar-refractivity contribution < 1.29 is 4.92 Å². The summed E-state index contributed by atoms with van der Waals surface area (Å²) in [6.07, 6.45) is 2.02. The summed E-state index contributed by atoms with van der Waals surface area (Å²) >= 11 is 12.5. The SMILES string of the molecule is Cl.O=[N+]([O-])c1ccc(NCCNc2nc3c(c(-c4ccc(Cl)cc4Cl)n2)CNCC3)nc1. The number of anilines is 2. The van der Waals surface area contributed by atoms with Crippen LogP contribution in [0.2, 0.25) is 10.0 Å². The fourth-order valence-corrected chi connectivity index (χ4v) is 3.79. The summed E-state index contributed by atoms with van der Waals surface area (Å²) in [5.41, 5.74) is 3.57. The number of nitrogens with one attached hydrogen (secondary N) is 3. The highest BCUT2D eigenvalue weighted by Gasteiger charge is 2.20. The first kappa shape index (κ1) is 23.9. The van der Waals surface area contributed by atoms with Crippen molar-refractivity contribution in [3.63, 3.8) is 0 Å². The van der Waals surface area contributed by atoms with Crippen LogP contribution < -0.4 is 16.0 Å². The molecule has 1 aliphatic heterocycles. The lowest BCUT2D eigenvalue weighted by molar-refractivity contribution is -0.385. The molecule has 0 aliphatic carbocycles. The van der Waals surface area contributed by atoms with Gasteiger partial charge in [0.15, 0.2) is 0 Å². The van der Waals surface area contributed by atoms with Crippen LogP contribution >= 0.6 is 35.6 Å². The van der Waals surface area contributed by atoms with E-state index in [0.29, 0.717) is 41.4 Å². The first-order chi connectivity index (χ1) is 15.0. The lowest BCUT2D eigenvalue weighted by atomic mass is 10.0. The molecule has 0 fully saturated rings. The zero-order valence-corrected chi connectivity index (χ0v) is 19.1. The summed E-state index contributed by atoms with van der Waals surface area (Å²) in [5.74, 6) is 1.07. The molecule has 0 unspecified atom stereocenters. The number of benzene rings is 1. The van der Waals surface area contributed by atoms with E-state index in [4.69, 9.17) is 28.2 Å². The smallest absolute Gasteiger partial charge is 0.287 e. The fourth-order valence-electron chi connectivity index (χ4n) is 3.29. The highest BCUT2D eigenvalue weighted by atomic mass is 35.5. The van der Waals surface area contributed by atoms with Gasteiger partial charge in [0.2, 0.25) is 5.95 Å². The Balaban J connectivity index is 0.00000289. The van der Waals surface area contributed by atoms with Crippen LogP contribution in [0, 0.1) is 10.1 Å². The molecule has 32 heavy (non-hydrogen) atoms. The fraction of sp³-hybridized carbons (Fsp3) is 0.250. The average molecular weight is 497 g/mol. The van der Waals surface area contributed by atoms with Gasteiger partial charge in [-0.25, -0.2) is 15.0 Å². The summed E-state index contributed by atoms with van der Waals surface area (Å²) in [5, 5.41) is 21.5. The molecule has 0 spiro atoms. The van der Waals surface area contributed by atoms with Crippen molar-refractivity contribution in [1.82, 2.24) is 20.3 Å². The first-order valence-electron chi connectivity index (χ1n) is 9.65. The third-order valence-electron chi connectivity index (χ3n) is 4.79. The van der Waals surface area contributed by atoms with Gasteiger partial charge in [0.05, 0.1) is 21.3 Å². The Bertz CT molecular complexity index is 1110. The quantitative estimate of drug-likeness (QED) is 0.251. The molecule has 3 aromatic rings. The Morgan fingerprint density at radius 3 is 2.66 bits per heavy atom. The number of nitro groups is 1. The molecule has 2 aromatic heterocycles. The molecular formula is C20H20Cl3N7O2. The molecule has 12 heteroatoms. The molecule has 1 aromatic carbocycles. The van der Waals surface area contributed by atoms with E-state index in [-0.39, 0.29) is 18.1 Å². The van der Waals surface area contributed by atoms with E-state index in [1.165, 1.54) is 12.3 Å². The van der Waals surface area contributed by atoms with Crippen molar-refractivity contribution in [1.29, 1.82) is 0 Å². The Kier molecular flexibility index (Phi) is 8.03. The van der Waals surface area contributed by atoms with E-state index in [1.807, 2.05) is 6.07 Å². The van der Waals surface area contributed by atoms with Crippen LogP contribution in [0.1, 0.15) is 11.3 Å². The highest BCUT2D eigenvalue weighted by Crippen LogP contribution is 2.33. The van der Waals surface area contributed by atoms with Crippen molar-refractivity contribution in [2.24, 2.45) is 0 Å². The van der Waals surface area contributed by atoms with Gasteiger partial charge in [0, 0.05) is 54.8 Å². The van der Waals surface area contributed by atoms with Gasteiger partial charge in [-0.3, -0.25) is 10.1 Å². The predicted molar refractivity (Wildman–Crippen MR) is 128 cm³/mol. The van der Waals surface area contributed by atoms with Crippen molar-refractivity contribution >= 4 is 53.1 Å². The van der Waals surface area contributed by atoms with E-state index in [0.717, 1.165) is 35.5 Å². The predicted octanol–water partition coefficient (Wildman–Crippen LogP) is 4.35. The Morgan fingerprint density at radius 2 is 1.94 bits per heavy atom. The van der Waals surface area contributed by atoms with Gasteiger partial charge in [0.1, 0.15) is 12.0 Å². The van der Waals surface area contributed by atoms with Crippen molar-refractivity contribution in [2.75, 3.05) is 30.3 Å². The molecule has 3 N–H and O–H groups in total. The minimum absolute atomic E-state index is 0. The first-order valence-corrected chi connectivity index (χ1v) is 10.4. The van der Waals surface area contributed by atoms with Gasteiger partial charge in [-0.1, -0.05) is 23.2 Å². The minimum Gasteiger partial charge on any atom is -0.368 e. The Morgan fingerprint density at radius 1 is 1.12 bits per heavy atom. The van der Waals surface area contributed by atoms with Gasteiger partial charge in [-0.2, -0.15) is 0 Å². The topological polar surface area (TPSA) is 118 Å². The molecular weight excluding hydrogens is 477 g/mol. The van der Waals surface area contributed by atoms with Crippen LogP contribution in [-0.4, -0.2) is 39.5 Å². The second-order valence-electron chi connectivity index (χ2n) is 6.88. The van der Waals surface area contributed by atoms with Crippen LogP contribution in [0.4, 0.5) is 17.5 Å². The molecule has 168 valence electrons. The lowest BCUT2D eigenvalue weighted by Gasteiger charge is -2.21. The van der Waals surface area contributed by atoms with Crippen molar-refractivity contribution in [3.8, 4) is 11.3 Å². The summed E-state index contributed by atoms with van der Waals surface area (Å²) in [6, 6.07) is 8.35. The summed E-state index contributed by atoms with van der Waals surface area (Å²) in [4.78, 5) is 23.6. The van der Waals surface area contributed by atoms with E-state index >= 15 is 0 Å². The molecule has 9 nitrogen and oxygen atoms in total. The van der Waals surface area contributed by atoms with Gasteiger partial charge in [0.25, 0.3) is 5.69 Å². The maximum Gasteiger partial charge on any atom is 0.287 e. The second-order valence-corrected chi connectivity index (χ2v) is 7.73. The minimum atomic E-state index is -0.480. The number of hydrogen-bond donors (Lipinski definition) is 3. The number of halogens is 3. The molecule has 3 heterocycles. The third kappa shape index (κ3) is 5.55. The van der Waals surface area contributed by atoms with Crippen LogP contribution in [0.15, 0.2) is 36.5 Å². The summed E-state index contributed by atoms with van der Waals surface area (Å²) in [6.45, 7) is 2.59. The van der Waals surface area contributed by atoms with Crippen LogP contribution in [0.3, 0.4) is 0 Å². The van der Waals surface area contributed by atoms with Gasteiger partial charge in [-0.15, -0.1) is 12.4 Å². The van der Waals surface area contributed by atoms with Crippen LogP contribution in [0.25, 0.3) is 11.3 Å². The maximum atomic E-state index is 10.7. The maximum absolute atomic E-state index is 10.7. The zero-order valence-electron chi connectivity index (χ0n) is 16.8. The number of nitrogens with zero attached hydrogens (tertiary/aromatic N) is 4.